The number of ether oxygens (including phenoxy) is 1. The van der Waals surface area contributed by atoms with Crippen molar-refractivity contribution in [2.45, 2.75) is 51.6 Å². The van der Waals surface area contributed by atoms with Crippen molar-refractivity contribution >= 4 is 5.69 Å². The molecule has 3 nitrogen and oxygen atoms in total. The number of methoxy groups -OCH3 is 1. The summed E-state index contributed by atoms with van der Waals surface area (Å²) in [4.78, 5) is 0. The Morgan fingerprint density at radius 3 is 2.44 bits per heavy atom. The summed E-state index contributed by atoms with van der Waals surface area (Å²) in [6, 6.07) is 5.20. The Balaban J connectivity index is 2.13. The zero-order valence-corrected chi connectivity index (χ0v) is 11.6. The van der Waals surface area contributed by atoms with E-state index in [0.29, 0.717) is 12.1 Å². The van der Waals surface area contributed by atoms with Gasteiger partial charge >= 0.3 is 0 Å². The largest absolute Gasteiger partial charge is 0.495 e. The van der Waals surface area contributed by atoms with Crippen LogP contribution in [-0.2, 0) is 0 Å². The van der Waals surface area contributed by atoms with Crippen LogP contribution >= 0.6 is 0 Å². The highest BCUT2D eigenvalue weighted by Crippen LogP contribution is 2.32. The van der Waals surface area contributed by atoms with E-state index in [0.717, 1.165) is 37.1 Å². The number of hydrogen-bond donors (Lipinski definition) is 2. The molecule has 0 unspecified atom stereocenters. The Hall–Kier alpha value is -1.22. The minimum Gasteiger partial charge on any atom is -0.495 e. The summed E-state index contributed by atoms with van der Waals surface area (Å²) < 4.78 is 5.48. The minimum atomic E-state index is 0.393. The van der Waals surface area contributed by atoms with Gasteiger partial charge in [-0.2, -0.15) is 0 Å². The van der Waals surface area contributed by atoms with Gasteiger partial charge in [-0.05, 0) is 56.7 Å². The molecule has 0 atom stereocenters. The number of aryl methyl sites for hydroxylation is 2. The van der Waals surface area contributed by atoms with Crippen LogP contribution in [0.5, 0.6) is 5.75 Å². The van der Waals surface area contributed by atoms with Crippen LogP contribution in [0.1, 0.15) is 36.8 Å². The molecule has 1 aliphatic carbocycles. The lowest BCUT2D eigenvalue weighted by Crippen LogP contribution is -2.33. The zero-order chi connectivity index (χ0) is 13.1. The summed E-state index contributed by atoms with van der Waals surface area (Å²) in [6.45, 7) is 4.23. The molecule has 0 amide bonds. The first-order chi connectivity index (χ1) is 8.60. The predicted octanol–water partition coefficient (Wildman–Crippen LogP) is 2.99. The molecular weight excluding hydrogens is 224 g/mol. The molecule has 1 aromatic carbocycles. The first-order valence-electron chi connectivity index (χ1n) is 6.77. The van der Waals surface area contributed by atoms with Crippen molar-refractivity contribution in [3.8, 4) is 5.75 Å². The molecule has 100 valence electrons. The Labute approximate surface area is 110 Å². The summed E-state index contributed by atoms with van der Waals surface area (Å²) in [5.74, 6) is 0.947. The highest BCUT2D eigenvalue weighted by molar-refractivity contribution is 5.63. The van der Waals surface area contributed by atoms with Gasteiger partial charge in [-0.3, -0.25) is 0 Å². The lowest BCUT2D eigenvalue weighted by molar-refractivity contribution is 0.401. The second-order valence-corrected chi connectivity index (χ2v) is 5.42. The van der Waals surface area contributed by atoms with Crippen molar-refractivity contribution < 1.29 is 4.74 Å². The topological polar surface area (TPSA) is 47.3 Å². The monoisotopic (exact) mass is 248 g/mol. The van der Waals surface area contributed by atoms with Crippen molar-refractivity contribution in [3.05, 3.63) is 23.3 Å². The van der Waals surface area contributed by atoms with Crippen LogP contribution in [0.15, 0.2) is 12.1 Å². The molecule has 2 rings (SSSR count). The van der Waals surface area contributed by atoms with Crippen molar-refractivity contribution in [2.75, 3.05) is 12.4 Å². The molecule has 0 aliphatic heterocycles. The van der Waals surface area contributed by atoms with Crippen molar-refractivity contribution in [3.63, 3.8) is 0 Å². The number of anilines is 1. The summed E-state index contributed by atoms with van der Waals surface area (Å²) in [5, 5.41) is 3.64. The molecule has 3 N–H and O–H groups in total. The van der Waals surface area contributed by atoms with Gasteiger partial charge in [-0.15, -0.1) is 0 Å². The summed E-state index contributed by atoms with van der Waals surface area (Å²) in [6.07, 6.45) is 4.53. The van der Waals surface area contributed by atoms with E-state index in [2.05, 4.69) is 31.3 Å². The van der Waals surface area contributed by atoms with Crippen LogP contribution in [0.4, 0.5) is 5.69 Å². The third-order valence-corrected chi connectivity index (χ3v) is 3.78. The van der Waals surface area contributed by atoms with Gasteiger partial charge in [-0.25, -0.2) is 0 Å². The number of rotatable bonds is 3. The van der Waals surface area contributed by atoms with Gasteiger partial charge in [-0.1, -0.05) is 6.07 Å². The van der Waals surface area contributed by atoms with Crippen molar-refractivity contribution in [1.29, 1.82) is 0 Å². The van der Waals surface area contributed by atoms with Gasteiger partial charge in [0.15, 0.2) is 0 Å². The maximum absolute atomic E-state index is 5.94. The third kappa shape index (κ3) is 2.96. The molecule has 1 saturated carbocycles. The van der Waals surface area contributed by atoms with E-state index in [1.54, 1.807) is 7.11 Å². The molecule has 0 aromatic heterocycles. The molecule has 1 fully saturated rings. The van der Waals surface area contributed by atoms with Crippen LogP contribution in [0, 0.1) is 13.8 Å². The number of benzene rings is 1. The third-order valence-electron chi connectivity index (χ3n) is 3.78. The Morgan fingerprint density at radius 2 is 1.83 bits per heavy atom. The smallest absolute Gasteiger partial charge is 0.142 e. The average molecular weight is 248 g/mol. The highest BCUT2D eigenvalue weighted by atomic mass is 16.5. The highest BCUT2D eigenvalue weighted by Gasteiger charge is 2.20. The summed E-state index contributed by atoms with van der Waals surface area (Å²) in [5.41, 5.74) is 9.57. The van der Waals surface area contributed by atoms with E-state index in [4.69, 9.17) is 10.5 Å². The number of nitrogens with two attached hydrogens (primary N) is 1. The molecule has 3 heteroatoms. The van der Waals surface area contributed by atoms with Gasteiger partial charge < -0.3 is 15.8 Å². The van der Waals surface area contributed by atoms with Crippen molar-refractivity contribution in [1.82, 2.24) is 0 Å². The first-order valence-corrected chi connectivity index (χ1v) is 6.77. The quantitative estimate of drug-likeness (QED) is 0.864. The van der Waals surface area contributed by atoms with E-state index in [1.807, 2.05) is 0 Å². The molecule has 0 heterocycles. The number of nitrogens with one attached hydrogen (secondary N) is 1. The van der Waals surface area contributed by atoms with Crippen LogP contribution < -0.4 is 15.8 Å². The number of hydrogen-bond acceptors (Lipinski definition) is 3. The summed E-state index contributed by atoms with van der Waals surface area (Å²) in [7, 11) is 1.73. The molecule has 0 bridgehead atoms. The van der Waals surface area contributed by atoms with E-state index in [9.17, 15) is 0 Å². The molecule has 0 radical (unpaired) electrons. The molecule has 18 heavy (non-hydrogen) atoms. The normalized spacial score (nSPS) is 23.8. The van der Waals surface area contributed by atoms with E-state index in [-0.39, 0.29) is 0 Å². The van der Waals surface area contributed by atoms with Crippen LogP contribution in [0.25, 0.3) is 0 Å². The lowest BCUT2D eigenvalue weighted by Gasteiger charge is -2.29. The fourth-order valence-corrected chi connectivity index (χ4v) is 2.74. The first kappa shape index (κ1) is 13.2. The maximum atomic E-state index is 5.94. The fourth-order valence-electron chi connectivity index (χ4n) is 2.74. The molecule has 0 saturated heterocycles. The fraction of sp³-hybridized carbons (Fsp3) is 0.600. The van der Waals surface area contributed by atoms with Gasteiger partial charge in [0.05, 0.1) is 12.8 Å². The van der Waals surface area contributed by atoms with E-state index < -0.39 is 0 Å². The Kier molecular flexibility index (Phi) is 4.12. The van der Waals surface area contributed by atoms with Gasteiger partial charge in [0.1, 0.15) is 5.75 Å². The summed E-state index contributed by atoms with van der Waals surface area (Å²) >= 11 is 0. The predicted molar refractivity (Wildman–Crippen MR) is 76.3 cm³/mol. The molecular formula is C15H24N2O. The molecule has 0 spiro atoms. The standard InChI is InChI=1S/C15H24N2O/c1-10-8-11(2)15(14(9-10)18-3)17-13-6-4-12(16)5-7-13/h8-9,12-13,17H,4-7,16H2,1-3H3. The van der Waals surface area contributed by atoms with E-state index in [1.165, 1.54) is 11.1 Å². The van der Waals surface area contributed by atoms with Gasteiger partial charge in [0.2, 0.25) is 0 Å². The van der Waals surface area contributed by atoms with Crippen LogP contribution in [-0.4, -0.2) is 19.2 Å². The van der Waals surface area contributed by atoms with Crippen molar-refractivity contribution in [2.24, 2.45) is 5.73 Å². The molecule has 1 aliphatic rings. The SMILES string of the molecule is COc1cc(C)cc(C)c1NC1CCC(N)CC1. The minimum absolute atomic E-state index is 0.393. The van der Waals surface area contributed by atoms with Crippen LogP contribution in [0.3, 0.4) is 0 Å². The average Bonchev–Trinajstić information content (AvgIpc) is 2.34. The van der Waals surface area contributed by atoms with E-state index >= 15 is 0 Å². The lowest BCUT2D eigenvalue weighted by atomic mass is 9.91. The zero-order valence-electron chi connectivity index (χ0n) is 11.6. The van der Waals surface area contributed by atoms with Gasteiger partial charge in [0, 0.05) is 12.1 Å². The molecule has 1 aromatic rings. The van der Waals surface area contributed by atoms with Crippen LogP contribution in [0.2, 0.25) is 0 Å². The second-order valence-electron chi connectivity index (χ2n) is 5.42. The second kappa shape index (κ2) is 5.61. The Bertz CT molecular complexity index is 409. The van der Waals surface area contributed by atoms with Gasteiger partial charge in [0.25, 0.3) is 0 Å². The Morgan fingerprint density at radius 1 is 1.17 bits per heavy atom. The maximum Gasteiger partial charge on any atom is 0.142 e.